The summed E-state index contributed by atoms with van der Waals surface area (Å²) in [5.41, 5.74) is 1.08. The Morgan fingerprint density at radius 2 is 2.00 bits per heavy atom. The lowest BCUT2D eigenvalue weighted by Gasteiger charge is -2.09. The van der Waals surface area contributed by atoms with E-state index in [9.17, 15) is 0 Å². The summed E-state index contributed by atoms with van der Waals surface area (Å²) in [5, 5.41) is 5.88. The van der Waals surface area contributed by atoms with E-state index in [0.29, 0.717) is 10.0 Å². The van der Waals surface area contributed by atoms with Crippen LogP contribution < -0.4 is 5.32 Å². The lowest BCUT2D eigenvalue weighted by Crippen LogP contribution is -2.08. The van der Waals surface area contributed by atoms with E-state index in [1.54, 1.807) is 17.4 Å². The van der Waals surface area contributed by atoms with Gasteiger partial charge in [-0.15, -0.1) is 11.3 Å². The van der Waals surface area contributed by atoms with Gasteiger partial charge in [-0.25, -0.2) is 9.97 Å². The molecular formula is C17H17Cl2N3S. The molecule has 0 bridgehead atoms. The second-order valence-corrected chi connectivity index (χ2v) is 7.41. The van der Waals surface area contributed by atoms with Gasteiger partial charge in [-0.1, -0.05) is 36.2 Å². The Labute approximate surface area is 149 Å². The molecule has 0 saturated carbocycles. The van der Waals surface area contributed by atoms with Crippen molar-refractivity contribution in [2.75, 3.05) is 11.9 Å². The van der Waals surface area contributed by atoms with Gasteiger partial charge in [0, 0.05) is 27.9 Å². The molecule has 1 aromatic carbocycles. The molecule has 2 aromatic heterocycles. The van der Waals surface area contributed by atoms with Crippen molar-refractivity contribution in [1.82, 2.24) is 9.97 Å². The maximum atomic E-state index is 6.22. The smallest absolute Gasteiger partial charge is 0.138 e. The van der Waals surface area contributed by atoms with E-state index in [1.807, 2.05) is 12.1 Å². The molecule has 0 aliphatic heterocycles. The van der Waals surface area contributed by atoms with Crippen molar-refractivity contribution in [2.24, 2.45) is 0 Å². The van der Waals surface area contributed by atoms with Crippen molar-refractivity contribution in [3.63, 3.8) is 0 Å². The number of rotatable bonds is 5. The molecular weight excluding hydrogens is 349 g/mol. The molecule has 0 spiro atoms. The maximum absolute atomic E-state index is 6.22. The van der Waals surface area contributed by atoms with E-state index >= 15 is 0 Å². The highest BCUT2D eigenvalue weighted by molar-refractivity contribution is 7.18. The van der Waals surface area contributed by atoms with Crippen LogP contribution in [-0.2, 0) is 12.8 Å². The van der Waals surface area contributed by atoms with Gasteiger partial charge in [-0.3, -0.25) is 0 Å². The molecule has 1 N–H and O–H groups in total. The lowest BCUT2D eigenvalue weighted by atomic mass is 10.1. The van der Waals surface area contributed by atoms with Crippen LogP contribution in [0.2, 0.25) is 10.0 Å². The minimum atomic E-state index is 0.658. The molecule has 0 fully saturated rings. The number of thiophene rings is 1. The third-order valence-corrected chi connectivity index (χ3v) is 5.11. The Morgan fingerprint density at radius 3 is 2.74 bits per heavy atom. The Bertz CT molecular complexity index is 845. The van der Waals surface area contributed by atoms with Gasteiger partial charge in [0.05, 0.1) is 5.39 Å². The van der Waals surface area contributed by atoms with Crippen LogP contribution in [0.4, 0.5) is 5.82 Å². The molecule has 3 nitrogen and oxygen atoms in total. The van der Waals surface area contributed by atoms with Crippen molar-refractivity contribution in [3.8, 4) is 0 Å². The molecule has 23 heavy (non-hydrogen) atoms. The monoisotopic (exact) mass is 365 g/mol. The standard InChI is InChI=1S/C17H17Cl2N3S/c1-3-15-21-16(13-8-10(2)23-17(13)22-15)20-7-6-11-4-5-12(18)9-14(11)19/h4-5,8-9H,3,6-7H2,1-2H3,(H,20,21,22). The maximum Gasteiger partial charge on any atom is 0.138 e. The van der Waals surface area contributed by atoms with E-state index in [4.69, 9.17) is 23.2 Å². The van der Waals surface area contributed by atoms with Gasteiger partial charge < -0.3 is 5.32 Å². The Morgan fingerprint density at radius 1 is 1.17 bits per heavy atom. The number of hydrogen-bond donors (Lipinski definition) is 1. The van der Waals surface area contributed by atoms with Crippen molar-refractivity contribution in [3.05, 3.63) is 50.6 Å². The van der Waals surface area contributed by atoms with Gasteiger partial charge in [0.2, 0.25) is 0 Å². The van der Waals surface area contributed by atoms with Crippen LogP contribution in [0.5, 0.6) is 0 Å². The van der Waals surface area contributed by atoms with Crippen LogP contribution in [0.25, 0.3) is 10.2 Å². The van der Waals surface area contributed by atoms with Crippen molar-refractivity contribution < 1.29 is 0 Å². The summed E-state index contributed by atoms with van der Waals surface area (Å²) < 4.78 is 0. The Hall–Kier alpha value is -1.36. The van der Waals surface area contributed by atoms with Crippen molar-refractivity contribution >= 4 is 50.6 Å². The number of hydrogen-bond acceptors (Lipinski definition) is 4. The fourth-order valence-electron chi connectivity index (χ4n) is 2.42. The van der Waals surface area contributed by atoms with Gasteiger partial charge in [-0.2, -0.15) is 0 Å². The second kappa shape index (κ2) is 7.04. The van der Waals surface area contributed by atoms with Gasteiger partial charge in [-0.05, 0) is 37.1 Å². The first-order valence-electron chi connectivity index (χ1n) is 7.51. The number of fused-ring (bicyclic) bond motifs is 1. The number of anilines is 1. The predicted octanol–water partition coefficient (Wildman–Crippen LogP) is 5.52. The molecule has 0 aliphatic carbocycles. The van der Waals surface area contributed by atoms with E-state index < -0.39 is 0 Å². The molecule has 0 unspecified atom stereocenters. The van der Waals surface area contributed by atoms with Crippen LogP contribution in [0.15, 0.2) is 24.3 Å². The summed E-state index contributed by atoms with van der Waals surface area (Å²) in [5.74, 6) is 1.77. The zero-order valence-corrected chi connectivity index (χ0v) is 15.3. The number of nitrogens with zero attached hydrogens (tertiary/aromatic N) is 2. The normalized spacial score (nSPS) is 11.1. The topological polar surface area (TPSA) is 37.8 Å². The first-order valence-corrected chi connectivity index (χ1v) is 9.09. The Balaban J connectivity index is 1.78. The van der Waals surface area contributed by atoms with Crippen LogP contribution in [0, 0.1) is 6.92 Å². The number of aryl methyl sites for hydroxylation is 2. The fourth-order valence-corrected chi connectivity index (χ4v) is 3.82. The third-order valence-electron chi connectivity index (χ3n) is 3.58. The molecule has 0 amide bonds. The zero-order chi connectivity index (χ0) is 16.4. The van der Waals surface area contributed by atoms with Gasteiger partial charge in [0.25, 0.3) is 0 Å². The van der Waals surface area contributed by atoms with Crippen LogP contribution in [0.1, 0.15) is 23.2 Å². The molecule has 3 rings (SSSR count). The van der Waals surface area contributed by atoms with Gasteiger partial charge >= 0.3 is 0 Å². The number of halogens is 2. The molecule has 120 valence electrons. The molecule has 0 atom stereocenters. The number of nitrogens with one attached hydrogen (secondary N) is 1. The summed E-state index contributed by atoms with van der Waals surface area (Å²) in [6.45, 7) is 4.92. The van der Waals surface area contributed by atoms with E-state index in [-0.39, 0.29) is 0 Å². The van der Waals surface area contributed by atoms with Gasteiger partial charge in [0.15, 0.2) is 0 Å². The molecule has 2 heterocycles. The first kappa shape index (κ1) is 16.5. The quantitative estimate of drug-likeness (QED) is 0.646. The van der Waals surface area contributed by atoms with Crippen molar-refractivity contribution in [1.29, 1.82) is 0 Å². The summed E-state index contributed by atoms with van der Waals surface area (Å²) in [7, 11) is 0. The molecule has 0 radical (unpaired) electrons. The average molecular weight is 366 g/mol. The molecule has 3 aromatic rings. The summed E-state index contributed by atoms with van der Waals surface area (Å²) in [6.07, 6.45) is 1.64. The van der Waals surface area contributed by atoms with Crippen LogP contribution in [-0.4, -0.2) is 16.5 Å². The van der Waals surface area contributed by atoms with Crippen LogP contribution >= 0.6 is 34.5 Å². The minimum absolute atomic E-state index is 0.658. The predicted molar refractivity (Wildman–Crippen MR) is 100 cm³/mol. The largest absolute Gasteiger partial charge is 0.369 e. The van der Waals surface area contributed by atoms with Crippen LogP contribution in [0.3, 0.4) is 0 Å². The second-order valence-electron chi connectivity index (χ2n) is 5.33. The summed E-state index contributed by atoms with van der Waals surface area (Å²) >= 11 is 13.9. The van der Waals surface area contributed by atoms with E-state index in [0.717, 1.165) is 46.8 Å². The highest BCUT2D eigenvalue weighted by Gasteiger charge is 2.10. The molecule has 6 heteroatoms. The summed E-state index contributed by atoms with van der Waals surface area (Å²) in [4.78, 5) is 11.5. The zero-order valence-electron chi connectivity index (χ0n) is 13.0. The van der Waals surface area contributed by atoms with Gasteiger partial charge in [0.1, 0.15) is 16.5 Å². The number of benzene rings is 1. The minimum Gasteiger partial charge on any atom is -0.369 e. The lowest BCUT2D eigenvalue weighted by molar-refractivity contribution is 0.947. The van der Waals surface area contributed by atoms with E-state index in [2.05, 4.69) is 35.2 Å². The van der Waals surface area contributed by atoms with E-state index in [1.165, 1.54) is 4.88 Å². The number of aromatic nitrogens is 2. The average Bonchev–Trinajstić information content (AvgIpc) is 2.89. The van der Waals surface area contributed by atoms with Crippen molar-refractivity contribution in [2.45, 2.75) is 26.7 Å². The first-order chi connectivity index (χ1) is 11.1. The highest BCUT2D eigenvalue weighted by atomic mass is 35.5. The fraction of sp³-hybridized carbons (Fsp3) is 0.294. The molecule has 0 saturated heterocycles. The Kier molecular flexibility index (Phi) is 5.05. The highest BCUT2D eigenvalue weighted by Crippen LogP contribution is 2.29. The SMILES string of the molecule is CCc1nc(NCCc2ccc(Cl)cc2Cl)c2cc(C)sc2n1. The molecule has 0 aliphatic rings. The summed E-state index contributed by atoms with van der Waals surface area (Å²) in [6, 6.07) is 7.74. The third kappa shape index (κ3) is 3.77.